The van der Waals surface area contributed by atoms with Crippen LogP contribution in [0.5, 0.6) is 0 Å². The van der Waals surface area contributed by atoms with Crippen LogP contribution in [0.3, 0.4) is 0 Å². The first-order valence-electron chi connectivity index (χ1n) is 11.7. The van der Waals surface area contributed by atoms with E-state index in [1.165, 1.54) is 11.1 Å². The van der Waals surface area contributed by atoms with Crippen LogP contribution < -0.4 is 0 Å². The molecule has 1 aliphatic rings. The Morgan fingerprint density at radius 1 is 0.941 bits per heavy atom. The number of piperazine rings is 1. The Hall–Kier alpha value is -3.77. The molecule has 1 aliphatic heterocycles. The topological polar surface area (TPSA) is 54.3 Å². The maximum Gasteiger partial charge on any atom is 0.257 e. The maximum atomic E-state index is 13.7. The Labute approximate surface area is 200 Å². The molecule has 0 spiro atoms. The molecule has 4 aromatic rings. The number of carbonyl (C=O) groups is 1. The highest BCUT2D eigenvalue weighted by Gasteiger charge is 2.27. The molecule has 6 nitrogen and oxygen atoms in total. The monoisotopic (exact) mass is 451 g/mol. The second-order valence-corrected chi connectivity index (χ2v) is 8.92. The Bertz CT molecular complexity index is 1270. The molecular weight excluding hydrogens is 422 g/mol. The lowest BCUT2D eigenvalue weighted by atomic mass is 10.00. The molecule has 0 radical (unpaired) electrons. The molecule has 0 unspecified atom stereocenters. The highest BCUT2D eigenvalue weighted by molar-refractivity contribution is 6.00. The molecule has 2 aromatic carbocycles. The Kier molecular flexibility index (Phi) is 6.23. The number of hydrogen-bond acceptors (Lipinski definition) is 4. The summed E-state index contributed by atoms with van der Waals surface area (Å²) in [6.45, 7) is 8.09. The number of nitrogens with zero attached hydrogens (tertiary/aromatic N) is 5. The van der Waals surface area contributed by atoms with Crippen molar-refractivity contribution in [2.24, 2.45) is 0 Å². The van der Waals surface area contributed by atoms with Crippen LogP contribution in [-0.4, -0.2) is 56.7 Å². The van der Waals surface area contributed by atoms with Gasteiger partial charge in [0.2, 0.25) is 0 Å². The molecule has 3 heterocycles. The lowest BCUT2D eigenvalue weighted by molar-refractivity contribution is 0.0629. The van der Waals surface area contributed by atoms with Crippen LogP contribution >= 0.6 is 0 Å². The molecule has 2 aromatic heterocycles. The first kappa shape index (κ1) is 22.0. The van der Waals surface area contributed by atoms with Crippen LogP contribution in [0, 0.1) is 13.8 Å². The lowest BCUT2D eigenvalue weighted by Gasteiger charge is -2.34. The zero-order valence-electron chi connectivity index (χ0n) is 19.7. The summed E-state index contributed by atoms with van der Waals surface area (Å²) in [5, 5.41) is 4.88. The van der Waals surface area contributed by atoms with E-state index in [-0.39, 0.29) is 5.91 Å². The van der Waals surface area contributed by atoms with Crippen LogP contribution in [0.25, 0.3) is 16.9 Å². The van der Waals surface area contributed by atoms with Gasteiger partial charge < -0.3 is 4.90 Å². The molecule has 172 valence electrons. The van der Waals surface area contributed by atoms with E-state index in [0.29, 0.717) is 18.7 Å². The summed E-state index contributed by atoms with van der Waals surface area (Å²) >= 11 is 0. The number of para-hydroxylation sites is 1. The van der Waals surface area contributed by atoms with Crippen molar-refractivity contribution < 1.29 is 4.79 Å². The third-order valence-electron chi connectivity index (χ3n) is 6.39. The zero-order valence-corrected chi connectivity index (χ0v) is 19.7. The Balaban J connectivity index is 1.41. The number of carbonyl (C=O) groups excluding carboxylic acids is 1. The van der Waals surface area contributed by atoms with Gasteiger partial charge in [0, 0.05) is 56.9 Å². The number of aryl methyl sites for hydroxylation is 2. The van der Waals surface area contributed by atoms with E-state index >= 15 is 0 Å². The van der Waals surface area contributed by atoms with Gasteiger partial charge in [0.05, 0.1) is 11.3 Å². The van der Waals surface area contributed by atoms with Crippen LogP contribution in [0.4, 0.5) is 0 Å². The van der Waals surface area contributed by atoms with E-state index in [4.69, 9.17) is 5.10 Å². The van der Waals surface area contributed by atoms with Crippen molar-refractivity contribution >= 4 is 5.91 Å². The molecule has 0 bridgehead atoms. The van der Waals surface area contributed by atoms with Gasteiger partial charge in [-0.25, -0.2) is 4.68 Å². The molecule has 34 heavy (non-hydrogen) atoms. The maximum absolute atomic E-state index is 13.7. The number of hydrogen-bond donors (Lipinski definition) is 0. The predicted octanol–water partition coefficient (Wildman–Crippen LogP) is 4.51. The summed E-state index contributed by atoms with van der Waals surface area (Å²) in [4.78, 5) is 22.3. The first-order valence-corrected chi connectivity index (χ1v) is 11.7. The SMILES string of the molecule is Cc1ccc(-c2nn(-c3ccccc3)cc2C(=O)N2CCN(Cc3cccnc3)CC2)c(C)c1. The molecule has 0 aliphatic carbocycles. The molecule has 6 heteroatoms. The standard InChI is InChI=1S/C28H29N5O/c1-21-10-11-25(22(2)17-21)27-26(20-33(30-27)24-8-4-3-5-9-24)28(34)32-15-13-31(14-16-32)19-23-7-6-12-29-18-23/h3-12,17-18,20H,13-16,19H2,1-2H3. The molecular formula is C28H29N5O. The zero-order chi connectivity index (χ0) is 23.5. The van der Waals surface area contributed by atoms with Gasteiger partial charge in [-0.15, -0.1) is 0 Å². The molecule has 0 saturated carbocycles. The van der Waals surface area contributed by atoms with E-state index in [1.807, 2.05) is 58.4 Å². The minimum atomic E-state index is 0.0400. The number of rotatable bonds is 5. The molecule has 1 saturated heterocycles. The van der Waals surface area contributed by atoms with Crippen molar-refractivity contribution in [1.82, 2.24) is 24.6 Å². The fourth-order valence-electron chi connectivity index (χ4n) is 4.55. The summed E-state index contributed by atoms with van der Waals surface area (Å²) < 4.78 is 1.82. The average Bonchev–Trinajstić information content (AvgIpc) is 3.30. The van der Waals surface area contributed by atoms with Crippen LogP contribution in [-0.2, 0) is 6.54 Å². The van der Waals surface area contributed by atoms with Crippen molar-refractivity contribution in [2.75, 3.05) is 26.2 Å². The number of aromatic nitrogens is 3. The van der Waals surface area contributed by atoms with E-state index in [0.717, 1.165) is 42.1 Å². The predicted molar refractivity (Wildman–Crippen MR) is 134 cm³/mol. The summed E-state index contributed by atoms with van der Waals surface area (Å²) in [5.74, 6) is 0.0400. The van der Waals surface area contributed by atoms with Gasteiger partial charge in [-0.1, -0.05) is 48.0 Å². The number of pyridine rings is 1. The van der Waals surface area contributed by atoms with Crippen LogP contribution in [0.15, 0.2) is 79.3 Å². The van der Waals surface area contributed by atoms with Gasteiger partial charge in [0.1, 0.15) is 5.69 Å². The first-order chi connectivity index (χ1) is 16.6. The molecule has 0 atom stereocenters. The van der Waals surface area contributed by atoms with E-state index < -0.39 is 0 Å². The fraction of sp³-hybridized carbons (Fsp3) is 0.250. The van der Waals surface area contributed by atoms with Crippen molar-refractivity contribution in [3.05, 3.63) is 102 Å². The van der Waals surface area contributed by atoms with Crippen LogP contribution in [0.2, 0.25) is 0 Å². The van der Waals surface area contributed by atoms with Crippen molar-refractivity contribution in [2.45, 2.75) is 20.4 Å². The van der Waals surface area contributed by atoms with Crippen molar-refractivity contribution in [3.8, 4) is 16.9 Å². The van der Waals surface area contributed by atoms with E-state index in [9.17, 15) is 4.79 Å². The van der Waals surface area contributed by atoms with Gasteiger partial charge in [-0.3, -0.25) is 14.7 Å². The molecule has 1 fully saturated rings. The molecule has 5 rings (SSSR count). The fourth-order valence-corrected chi connectivity index (χ4v) is 4.55. The number of amides is 1. The Morgan fingerprint density at radius 2 is 1.74 bits per heavy atom. The average molecular weight is 452 g/mol. The largest absolute Gasteiger partial charge is 0.336 e. The second-order valence-electron chi connectivity index (χ2n) is 8.92. The lowest BCUT2D eigenvalue weighted by Crippen LogP contribution is -2.48. The van der Waals surface area contributed by atoms with Gasteiger partial charge in [-0.2, -0.15) is 5.10 Å². The summed E-state index contributed by atoms with van der Waals surface area (Å²) in [5.41, 5.74) is 6.84. The smallest absolute Gasteiger partial charge is 0.257 e. The quantitative estimate of drug-likeness (QED) is 0.448. The summed E-state index contributed by atoms with van der Waals surface area (Å²) in [7, 11) is 0. The van der Waals surface area contributed by atoms with Crippen molar-refractivity contribution in [1.29, 1.82) is 0 Å². The third kappa shape index (κ3) is 4.63. The summed E-state index contributed by atoms with van der Waals surface area (Å²) in [6.07, 6.45) is 5.59. The number of benzene rings is 2. The van der Waals surface area contributed by atoms with Gasteiger partial charge in [-0.05, 0) is 43.2 Å². The van der Waals surface area contributed by atoms with Crippen molar-refractivity contribution in [3.63, 3.8) is 0 Å². The highest BCUT2D eigenvalue weighted by atomic mass is 16.2. The van der Waals surface area contributed by atoms with Gasteiger partial charge >= 0.3 is 0 Å². The van der Waals surface area contributed by atoms with Crippen LogP contribution in [0.1, 0.15) is 27.0 Å². The van der Waals surface area contributed by atoms with Gasteiger partial charge in [0.15, 0.2) is 0 Å². The minimum Gasteiger partial charge on any atom is -0.336 e. The second kappa shape index (κ2) is 9.61. The summed E-state index contributed by atoms with van der Waals surface area (Å²) in [6, 6.07) is 20.3. The minimum absolute atomic E-state index is 0.0400. The third-order valence-corrected chi connectivity index (χ3v) is 6.39. The molecule has 1 amide bonds. The van der Waals surface area contributed by atoms with E-state index in [2.05, 4.69) is 48.0 Å². The Morgan fingerprint density at radius 3 is 2.44 bits per heavy atom. The normalized spacial score (nSPS) is 14.4. The highest BCUT2D eigenvalue weighted by Crippen LogP contribution is 2.29. The van der Waals surface area contributed by atoms with Gasteiger partial charge in [0.25, 0.3) is 5.91 Å². The molecule has 0 N–H and O–H groups in total. The van der Waals surface area contributed by atoms with E-state index in [1.54, 1.807) is 6.20 Å².